The Kier molecular flexibility index (Phi) is 7.26. The van der Waals surface area contributed by atoms with Crippen molar-refractivity contribution in [1.29, 1.82) is 5.26 Å². The SMILES string of the molecule is N#CCCC[C@H](Cn1cc(-c2ncnc3[nH]ccc23)cn1)N1CCN(C(=O)c2ccc(Cl)cc2)CC1. The molecule has 0 unspecified atom stereocenters. The van der Waals surface area contributed by atoms with Gasteiger partial charge in [0, 0.05) is 72.6 Å². The average molecular weight is 503 g/mol. The molecule has 1 atom stereocenters. The number of piperazine rings is 1. The minimum absolute atomic E-state index is 0.0324. The van der Waals surface area contributed by atoms with Crippen LogP contribution in [0, 0.1) is 11.3 Å². The first-order valence-corrected chi connectivity index (χ1v) is 12.5. The van der Waals surface area contributed by atoms with Crippen LogP contribution < -0.4 is 0 Å². The minimum Gasteiger partial charge on any atom is -0.346 e. The van der Waals surface area contributed by atoms with Crippen molar-refractivity contribution in [3.63, 3.8) is 0 Å². The molecule has 4 heterocycles. The number of hydrogen-bond donors (Lipinski definition) is 1. The van der Waals surface area contributed by atoms with Gasteiger partial charge in [0.15, 0.2) is 0 Å². The van der Waals surface area contributed by atoms with Crippen LogP contribution in [-0.4, -0.2) is 72.7 Å². The topological polar surface area (TPSA) is 107 Å². The summed E-state index contributed by atoms with van der Waals surface area (Å²) < 4.78 is 1.96. The maximum Gasteiger partial charge on any atom is 0.253 e. The van der Waals surface area contributed by atoms with Crippen molar-refractivity contribution in [3.8, 4) is 17.3 Å². The van der Waals surface area contributed by atoms with E-state index in [1.165, 1.54) is 0 Å². The zero-order valence-corrected chi connectivity index (χ0v) is 20.6. The molecule has 3 aromatic heterocycles. The number of halogens is 1. The Hall–Kier alpha value is -3.74. The predicted octanol–water partition coefficient (Wildman–Crippen LogP) is 4.00. The number of nitrogens with one attached hydrogen (secondary N) is 1. The number of aromatic nitrogens is 5. The maximum atomic E-state index is 12.9. The molecule has 0 aliphatic carbocycles. The van der Waals surface area contributed by atoms with Crippen molar-refractivity contribution in [2.24, 2.45) is 0 Å². The normalized spacial score (nSPS) is 15.2. The summed E-state index contributed by atoms with van der Waals surface area (Å²) in [5.41, 5.74) is 3.25. The third-order valence-corrected chi connectivity index (χ3v) is 6.95. The lowest BCUT2D eigenvalue weighted by Crippen LogP contribution is -2.52. The first-order chi connectivity index (χ1) is 17.6. The largest absolute Gasteiger partial charge is 0.346 e. The van der Waals surface area contributed by atoms with Gasteiger partial charge in [-0.1, -0.05) is 11.6 Å². The summed E-state index contributed by atoms with van der Waals surface area (Å²) in [5, 5.41) is 15.2. The highest BCUT2D eigenvalue weighted by atomic mass is 35.5. The zero-order valence-electron chi connectivity index (χ0n) is 19.8. The summed E-state index contributed by atoms with van der Waals surface area (Å²) in [7, 11) is 0. The Balaban J connectivity index is 1.26. The van der Waals surface area contributed by atoms with Gasteiger partial charge in [0.05, 0.1) is 24.5 Å². The number of carbonyl (C=O) groups is 1. The third-order valence-electron chi connectivity index (χ3n) is 6.69. The standard InChI is InChI=1S/C26H27ClN8O/c27-21-6-4-19(5-7-21)26(36)34-13-11-33(12-14-34)22(3-1-2-9-28)17-35-16-20(15-32-35)24-23-8-10-29-25(23)31-18-30-24/h4-8,10,15-16,18,22H,1-3,11-14,17H2,(H,29,30,31)/t22-/m1/s1. The summed E-state index contributed by atoms with van der Waals surface area (Å²) in [4.78, 5) is 29.1. The molecule has 1 saturated heterocycles. The van der Waals surface area contributed by atoms with E-state index in [-0.39, 0.29) is 11.9 Å². The second-order valence-corrected chi connectivity index (χ2v) is 9.39. The monoisotopic (exact) mass is 502 g/mol. The summed E-state index contributed by atoms with van der Waals surface area (Å²) in [6, 6.07) is 11.5. The van der Waals surface area contributed by atoms with Gasteiger partial charge in [-0.2, -0.15) is 10.4 Å². The van der Waals surface area contributed by atoms with E-state index in [1.807, 2.05) is 34.2 Å². The maximum absolute atomic E-state index is 12.9. The lowest BCUT2D eigenvalue weighted by atomic mass is 10.1. The van der Waals surface area contributed by atoms with Gasteiger partial charge in [0.2, 0.25) is 0 Å². The number of rotatable bonds is 8. The number of carbonyl (C=O) groups excluding carboxylic acids is 1. The third kappa shape index (κ3) is 5.25. The first kappa shape index (κ1) is 24.0. The van der Waals surface area contributed by atoms with Crippen LogP contribution in [0.4, 0.5) is 0 Å². The molecular weight excluding hydrogens is 476 g/mol. The van der Waals surface area contributed by atoms with E-state index in [0.717, 1.165) is 48.2 Å². The van der Waals surface area contributed by atoms with Crippen LogP contribution in [0.25, 0.3) is 22.3 Å². The van der Waals surface area contributed by atoms with Crippen LogP contribution in [0.3, 0.4) is 0 Å². The number of nitriles is 1. The number of aromatic amines is 1. The summed E-state index contributed by atoms with van der Waals surface area (Å²) >= 11 is 5.97. The van der Waals surface area contributed by atoms with Gasteiger partial charge >= 0.3 is 0 Å². The van der Waals surface area contributed by atoms with E-state index in [0.29, 0.717) is 36.6 Å². The number of amides is 1. The molecule has 1 aliphatic rings. The highest BCUT2D eigenvalue weighted by Gasteiger charge is 2.27. The Morgan fingerprint density at radius 1 is 1.14 bits per heavy atom. The summed E-state index contributed by atoms with van der Waals surface area (Å²) in [5.74, 6) is 0.0324. The molecular formula is C26H27ClN8O. The molecule has 0 radical (unpaired) electrons. The molecule has 9 nitrogen and oxygen atoms in total. The Bertz CT molecular complexity index is 1360. The van der Waals surface area contributed by atoms with Crippen LogP contribution in [0.15, 0.2) is 55.2 Å². The minimum atomic E-state index is 0.0324. The van der Waals surface area contributed by atoms with Crippen LogP contribution in [0.5, 0.6) is 0 Å². The molecule has 0 saturated carbocycles. The first-order valence-electron chi connectivity index (χ1n) is 12.1. The number of H-pyrrole nitrogens is 1. The van der Waals surface area contributed by atoms with Crippen molar-refractivity contribution in [2.75, 3.05) is 26.2 Å². The molecule has 4 aromatic rings. The van der Waals surface area contributed by atoms with Gasteiger partial charge in [-0.15, -0.1) is 0 Å². The highest BCUT2D eigenvalue weighted by molar-refractivity contribution is 6.30. The van der Waals surface area contributed by atoms with Crippen molar-refractivity contribution in [1.82, 2.24) is 34.5 Å². The van der Waals surface area contributed by atoms with Gasteiger partial charge in [0.25, 0.3) is 5.91 Å². The number of benzene rings is 1. The molecule has 1 amide bonds. The molecule has 10 heteroatoms. The van der Waals surface area contributed by atoms with E-state index < -0.39 is 0 Å². The molecule has 1 aliphatic heterocycles. The fourth-order valence-corrected chi connectivity index (χ4v) is 4.90. The quantitative estimate of drug-likeness (QED) is 0.365. The van der Waals surface area contributed by atoms with E-state index >= 15 is 0 Å². The fourth-order valence-electron chi connectivity index (χ4n) is 4.78. The van der Waals surface area contributed by atoms with Gasteiger partial charge in [-0.25, -0.2) is 9.97 Å². The second kappa shape index (κ2) is 10.9. The van der Waals surface area contributed by atoms with Gasteiger partial charge < -0.3 is 9.88 Å². The molecule has 1 N–H and O–H groups in total. The molecule has 36 heavy (non-hydrogen) atoms. The van der Waals surface area contributed by atoms with Crippen LogP contribution in [-0.2, 0) is 6.54 Å². The van der Waals surface area contributed by atoms with Gasteiger partial charge in [-0.05, 0) is 43.2 Å². The zero-order chi connectivity index (χ0) is 24.9. The summed E-state index contributed by atoms with van der Waals surface area (Å²) in [6.07, 6.45) is 9.52. The van der Waals surface area contributed by atoms with E-state index in [1.54, 1.807) is 30.6 Å². The Morgan fingerprint density at radius 2 is 1.94 bits per heavy atom. The van der Waals surface area contributed by atoms with Gasteiger partial charge in [0.1, 0.15) is 12.0 Å². The average Bonchev–Trinajstić information content (AvgIpc) is 3.58. The van der Waals surface area contributed by atoms with Crippen LogP contribution >= 0.6 is 11.6 Å². The highest BCUT2D eigenvalue weighted by Crippen LogP contribution is 2.25. The number of nitrogens with zero attached hydrogens (tertiary/aromatic N) is 7. The van der Waals surface area contributed by atoms with Crippen molar-refractivity contribution in [3.05, 3.63) is 65.8 Å². The molecule has 5 rings (SSSR count). The lowest BCUT2D eigenvalue weighted by molar-refractivity contribution is 0.0531. The van der Waals surface area contributed by atoms with Crippen molar-refractivity contribution >= 4 is 28.5 Å². The molecule has 0 spiro atoms. The van der Waals surface area contributed by atoms with Crippen molar-refractivity contribution < 1.29 is 4.79 Å². The molecule has 0 bridgehead atoms. The van der Waals surface area contributed by atoms with Crippen molar-refractivity contribution in [2.45, 2.75) is 31.8 Å². The molecule has 1 fully saturated rings. The second-order valence-electron chi connectivity index (χ2n) is 8.95. The number of hydrogen-bond acceptors (Lipinski definition) is 6. The molecule has 184 valence electrons. The number of unbranched alkanes of at least 4 members (excludes halogenated alkanes) is 1. The van der Waals surface area contributed by atoms with Gasteiger partial charge in [-0.3, -0.25) is 14.4 Å². The summed E-state index contributed by atoms with van der Waals surface area (Å²) in [6.45, 7) is 3.58. The van der Waals surface area contributed by atoms with E-state index in [4.69, 9.17) is 16.9 Å². The lowest BCUT2D eigenvalue weighted by Gasteiger charge is -2.39. The van der Waals surface area contributed by atoms with Crippen LogP contribution in [0.1, 0.15) is 29.6 Å². The predicted molar refractivity (Wildman–Crippen MR) is 137 cm³/mol. The van der Waals surface area contributed by atoms with E-state index in [2.05, 4.69) is 31.0 Å². The van der Waals surface area contributed by atoms with E-state index in [9.17, 15) is 4.79 Å². The number of fused-ring (bicyclic) bond motifs is 1. The van der Waals surface area contributed by atoms with Crippen LogP contribution in [0.2, 0.25) is 5.02 Å². The molecule has 1 aromatic carbocycles. The Morgan fingerprint density at radius 3 is 2.72 bits per heavy atom. The Labute approximate surface area is 214 Å². The fraction of sp³-hybridized carbons (Fsp3) is 0.346. The smallest absolute Gasteiger partial charge is 0.253 e.